The minimum Gasteiger partial charge on any atom is -0.462 e. The van der Waals surface area contributed by atoms with Gasteiger partial charge >= 0.3 is 22.4 Å². The van der Waals surface area contributed by atoms with Crippen molar-refractivity contribution in [3.63, 3.8) is 0 Å². The van der Waals surface area contributed by atoms with Crippen molar-refractivity contribution in [3.05, 3.63) is 89.0 Å². The molecule has 4 aliphatic carbocycles. The summed E-state index contributed by atoms with van der Waals surface area (Å²) >= 11 is 0. The second-order valence-electron chi connectivity index (χ2n) is 14.3. The molecule has 3 N–H and O–H groups in total. The van der Waals surface area contributed by atoms with Gasteiger partial charge in [0.25, 0.3) is 0 Å². The summed E-state index contributed by atoms with van der Waals surface area (Å²) < 4.78 is 39.7. The molecule has 0 saturated heterocycles. The maximum Gasteiger partial charge on any atom is 0.407 e. The Labute approximate surface area is 282 Å². The van der Waals surface area contributed by atoms with Gasteiger partial charge in [0.2, 0.25) is 0 Å². The molecule has 2 saturated carbocycles. The molecule has 10 heteroatoms. The number of aryl methyl sites for hydroxylation is 1. The van der Waals surface area contributed by atoms with Crippen LogP contribution in [0.4, 0.5) is 4.79 Å². The average Bonchev–Trinajstić information content (AvgIpc) is 3.52. The third kappa shape index (κ3) is 6.20. The molecule has 48 heavy (non-hydrogen) atoms. The molecule has 0 aromatic heterocycles. The maximum absolute atomic E-state index is 12.8. The molecular formula is C38H44N2O7S. The number of carbonyl (C=O) groups is 2. The number of hydrogen-bond acceptors (Lipinski definition) is 7. The Morgan fingerprint density at radius 1 is 0.979 bits per heavy atom. The number of alkyl carbamates (subject to hydrolysis) is 1. The molecule has 1 amide bonds. The Morgan fingerprint density at radius 2 is 1.69 bits per heavy atom. The molecule has 4 aliphatic rings. The van der Waals surface area contributed by atoms with E-state index in [1.807, 2.05) is 36.4 Å². The van der Waals surface area contributed by atoms with E-state index in [0.29, 0.717) is 24.3 Å². The van der Waals surface area contributed by atoms with Crippen molar-refractivity contribution < 1.29 is 31.7 Å². The summed E-state index contributed by atoms with van der Waals surface area (Å²) in [5.74, 6) is 1.43. The highest BCUT2D eigenvalue weighted by atomic mass is 32.2. The Bertz CT molecular complexity index is 1780. The molecular weight excluding hydrogens is 628 g/mol. The van der Waals surface area contributed by atoms with Gasteiger partial charge < -0.3 is 19.0 Å². The summed E-state index contributed by atoms with van der Waals surface area (Å²) in [6, 6.07) is 22.1. The van der Waals surface area contributed by atoms with Gasteiger partial charge in [-0.1, -0.05) is 61.5 Å². The van der Waals surface area contributed by atoms with E-state index in [0.717, 1.165) is 50.5 Å². The lowest BCUT2D eigenvalue weighted by molar-refractivity contribution is -0.158. The summed E-state index contributed by atoms with van der Waals surface area (Å²) in [6.07, 6.45) is 5.74. The van der Waals surface area contributed by atoms with E-state index < -0.39 is 16.4 Å². The van der Waals surface area contributed by atoms with Gasteiger partial charge in [-0.2, -0.15) is 13.6 Å². The average molecular weight is 673 g/mol. The van der Waals surface area contributed by atoms with Gasteiger partial charge in [0.15, 0.2) is 0 Å². The van der Waals surface area contributed by atoms with Crippen molar-refractivity contribution in [2.24, 2.45) is 28.3 Å². The van der Waals surface area contributed by atoms with Crippen LogP contribution in [0.3, 0.4) is 0 Å². The summed E-state index contributed by atoms with van der Waals surface area (Å²) in [4.78, 5) is 25.1. The first-order chi connectivity index (χ1) is 23.0. The van der Waals surface area contributed by atoms with Crippen molar-refractivity contribution in [1.29, 1.82) is 0 Å². The molecule has 3 aromatic rings. The van der Waals surface area contributed by atoms with E-state index in [2.05, 4.69) is 36.5 Å². The molecule has 3 aromatic carbocycles. The van der Waals surface area contributed by atoms with Crippen molar-refractivity contribution in [2.75, 3.05) is 13.2 Å². The second-order valence-corrected chi connectivity index (χ2v) is 15.5. The molecule has 0 radical (unpaired) electrons. The molecule has 0 unspecified atom stereocenters. The first-order valence-electron chi connectivity index (χ1n) is 17.1. The third-order valence-corrected chi connectivity index (χ3v) is 12.1. The predicted molar refractivity (Wildman–Crippen MR) is 182 cm³/mol. The zero-order valence-corrected chi connectivity index (χ0v) is 28.3. The van der Waals surface area contributed by atoms with E-state index in [-0.39, 0.29) is 41.7 Å². The van der Waals surface area contributed by atoms with Crippen molar-refractivity contribution in [2.45, 2.75) is 76.7 Å². The van der Waals surface area contributed by atoms with E-state index in [1.165, 1.54) is 34.7 Å². The van der Waals surface area contributed by atoms with Gasteiger partial charge in [0, 0.05) is 24.8 Å². The molecule has 6 atom stereocenters. The number of rotatable bonds is 9. The van der Waals surface area contributed by atoms with E-state index in [4.69, 9.17) is 18.8 Å². The number of fused-ring (bicyclic) bond motifs is 8. The molecule has 0 spiro atoms. The topological polar surface area (TPSA) is 134 Å². The van der Waals surface area contributed by atoms with E-state index in [9.17, 15) is 18.0 Å². The van der Waals surface area contributed by atoms with Crippen LogP contribution in [0.15, 0.2) is 66.7 Å². The second kappa shape index (κ2) is 12.9. The van der Waals surface area contributed by atoms with Crippen LogP contribution in [-0.2, 0) is 31.0 Å². The normalized spacial score (nSPS) is 27.1. The fraction of sp³-hybridized carbons (Fsp3) is 0.474. The lowest BCUT2D eigenvalue weighted by Crippen LogP contribution is -2.45. The fourth-order valence-electron chi connectivity index (χ4n) is 9.76. The molecule has 7 rings (SSSR count). The van der Waals surface area contributed by atoms with E-state index >= 15 is 0 Å². The molecule has 254 valence electrons. The molecule has 2 fully saturated rings. The van der Waals surface area contributed by atoms with Crippen LogP contribution in [0.1, 0.15) is 86.5 Å². The highest BCUT2D eigenvalue weighted by molar-refractivity contribution is 7.84. The molecule has 9 nitrogen and oxygen atoms in total. The number of nitrogens with two attached hydrogens (primary N) is 1. The van der Waals surface area contributed by atoms with E-state index in [1.54, 1.807) is 6.07 Å². The number of ether oxygens (including phenoxy) is 2. The zero-order chi connectivity index (χ0) is 33.6. The Morgan fingerprint density at radius 3 is 2.38 bits per heavy atom. The van der Waals surface area contributed by atoms with Crippen molar-refractivity contribution in [3.8, 4) is 16.9 Å². The van der Waals surface area contributed by atoms with Crippen molar-refractivity contribution >= 4 is 22.4 Å². The first kappa shape index (κ1) is 32.6. The summed E-state index contributed by atoms with van der Waals surface area (Å²) in [5.41, 5.74) is 7.02. The van der Waals surface area contributed by atoms with Gasteiger partial charge in [-0.25, -0.2) is 4.79 Å². The van der Waals surface area contributed by atoms with Crippen LogP contribution in [0.5, 0.6) is 5.75 Å². The highest BCUT2D eigenvalue weighted by Gasteiger charge is 2.59. The third-order valence-electron chi connectivity index (χ3n) is 11.6. The Hall–Kier alpha value is -3.89. The monoisotopic (exact) mass is 672 g/mol. The van der Waals surface area contributed by atoms with Gasteiger partial charge in [0.1, 0.15) is 18.5 Å². The van der Waals surface area contributed by atoms with Gasteiger partial charge in [-0.05, 0) is 114 Å². The van der Waals surface area contributed by atoms with Crippen LogP contribution in [0.2, 0.25) is 0 Å². The quantitative estimate of drug-likeness (QED) is 0.193. The zero-order valence-electron chi connectivity index (χ0n) is 27.5. The Kier molecular flexibility index (Phi) is 8.74. The minimum absolute atomic E-state index is 0.0169. The Balaban J connectivity index is 0.964. The van der Waals surface area contributed by atoms with Crippen molar-refractivity contribution in [1.82, 2.24) is 5.32 Å². The maximum atomic E-state index is 12.8. The SMILES string of the molecule is CC(=O)O[C@H]1[C@@H](CCCNC(=O)OCC2c3ccccc3-c3ccccc32)C[C@H]2[C@@H]3CCc4cc(OS(N)(=O)=O)ccc4[C@H]3CC[C@@]21C. The standard InChI is InChI=1S/C38H44N2O7S/c1-23(41)46-36-25(8-7-19-40-37(42)45-22-34-30-11-5-3-9-28(30)29-10-4-6-12-31(29)34)21-35-33-15-13-24-20-26(47-48(39,43)44)14-16-27(24)32(33)17-18-38(35,36)2/h3-6,9-12,14,16,20,25,32-36H,7-8,13,15,17-19,21-22H2,1-2H3,(H,40,42)(H2,39,43,44)/t25-,32+,33+,35-,36-,38-/m0/s1. The number of benzene rings is 3. The number of esters is 1. The van der Waals surface area contributed by atoms with Gasteiger partial charge in [-0.15, -0.1) is 0 Å². The lowest BCUT2D eigenvalue weighted by atomic mass is 9.55. The molecule has 0 aliphatic heterocycles. The van der Waals surface area contributed by atoms with Gasteiger partial charge in [-0.3, -0.25) is 4.79 Å². The number of hydrogen-bond donors (Lipinski definition) is 2. The van der Waals surface area contributed by atoms with Crippen LogP contribution in [0, 0.1) is 23.2 Å². The minimum atomic E-state index is -4.08. The highest BCUT2D eigenvalue weighted by Crippen LogP contribution is 2.63. The number of amides is 1. The summed E-state index contributed by atoms with van der Waals surface area (Å²) in [5, 5.41) is 8.05. The number of nitrogens with one attached hydrogen (secondary N) is 1. The molecule has 0 bridgehead atoms. The largest absolute Gasteiger partial charge is 0.462 e. The smallest absolute Gasteiger partial charge is 0.407 e. The number of carbonyl (C=O) groups excluding carboxylic acids is 2. The van der Waals surface area contributed by atoms with Gasteiger partial charge in [0.05, 0.1) is 0 Å². The lowest BCUT2D eigenvalue weighted by Gasteiger charge is -2.50. The summed E-state index contributed by atoms with van der Waals surface area (Å²) in [6.45, 7) is 4.57. The molecule has 0 heterocycles. The fourth-order valence-corrected chi connectivity index (χ4v) is 10.1. The van der Waals surface area contributed by atoms with Crippen LogP contribution < -0.4 is 14.6 Å². The van der Waals surface area contributed by atoms with Crippen LogP contribution in [0.25, 0.3) is 11.1 Å². The first-order valence-corrected chi connectivity index (χ1v) is 18.6. The predicted octanol–water partition coefficient (Wildman–Crippen LogP) is 6.60. The van der Waals surface area contributed by atoms with Crippen LogP contribution >= 0.6 is 0 Å². The van der Waals surface area contributed by atoms with Crippen LogP contribution in [-0.4, -0.2) is 39.7 Å². The summed E-state index contributed by atoms with van der Waals surface area (Å²) in [7, 11) is -4.08.